The van der Waals surface area contributed by atoms with Crippen LogP contribution in [0.4, 0.5) is 0 Å². The third-order valence-corrected chi connectivity index (χ3v) is 7.24. The Morgan fingerprint density at radius 2 is 1.78 bits per heavy atom. The molecule has 3 aliphatic heterocycles. The molecular formula is C18H32ClN3O4S. The van der Waals surface area contributed by atoms with E-state index in [2.05, 4.69) is 4.90 Å². The van der Waals surface area contributed by atoms with Gasteiger partial charge in [-0.25, -0.2) is 12.7 Å². The summed E-state index contributed by atoms with van der Waals surface area (Å²) in [5, 5.41) is 0. The minimum absolute atomic E-state index is 0. The number of hydrogen-bond acceptors (Lipinski definition) is 5. The molecule has 9 heteroatoms. The Morgan fingerprint density at radius 1 is 1.15 bits per heavy atom. The van der Waals surface area contributed by atoms with Crippen molar-refractivity contribution in [2.24, 2.45) is 11.8 Å². The monoisotopic (exact) mass is 421 g/mol. The fraction of sp³-hybridized carbons (Fsp3) is 0.889. The highest BCUT2D eigenvalue weighted by atomic mass is 35.5. The van der Waals surface area contributed by atoms with Crippen LogP contribution in [0.5, 0.6) is 0 Å². The maximum atomic E-state index is 12.9. The number of piperidine rings is 1. The minimum atomic E-state index is -3.61. The van der Waals surface area contributed by atoms with Crippen molar-refractivity contribution in [2.45, 2.75) is 58.0 Å². The van der Waals surface area contributed by atoms with Crippen molar-refractivity contribution in [3.05, 3.63) is 0 Å². The lowest BCUT2D eigenvalue weighted by atomic mass is 9.88. The van der Waals surface area contributed by atoms with Gasteiger partial charge in [0.05, 0.1) is 24.3 Å². The van der Waals surface area contributed by atoms with Crippen molar-refractivity contribution in [2.75, 3.05) is 32.4 Å². The van der Waals surface area contributed by atoms with Gasteiger partial charge in [0, 0.05) is 19.5 Å². The summed E-state index contributed by atoms with van der Waals surface area (Å²) in [7, 11) is -3.61. The van der Waals surface area contributed by atoms with E-state index in [0.29, 0.717) is 19.4 Å². The predicted octanol–water partition coefficient (Wildman–Crippen LogP) is 1.33. The van der Waals surface area contributed by atoms with Crippen LogP contribution in [0, 0.1) is 11.8 Å². The molecule has 0 saturated carbocycles. The lowest BCUT2D eigenvalue weighted by molar-refractivity contribution is -0.135. The molecule has 3 fully saturated rings. The Bertz CT molecular complexity index is 664. The smallest absolute Gasteiger partial charge is 0.241 e. The molecule has 27 heavy (non-hydrogen) atoms. The van der Waals surface area contributed by atoms with E-state index in [1.54, 1.807) is 4.90 Å². The van der Waals surface area contributed by atoms with E-state index in [4.69, 9.17) is 0 Å². The second-order valence-electron chi connectivity index (χ2n) is 8.25. The summed E-state index contributed by atoms with van der Waals surface area (Å²) in [6, 6.07) is -0.713. The quantitative estimate of drug-likeness (QED) is 0.669. The van der Waals surface area contributed by atoms with Crippen molar-refractivity contribution >= 4 is 34.2 Å². The number of likely N-dealkylation sites (tertiary alicyclic amines) is 2. The molecule has 0 spiro atoms. The van der Waals surface area contributed by atoms with Crippen molar-refractivity contribution in [3.8, 4) is 0 Å². The maximum Gasteiger partial charge on any atom is 0.241 e. The summed E-state index contributed by atoms with van der Waals surface area (Å²) in [6.07, 6.45) is 5.72. The van der Waals surface area contributed by atoms with E-state index in [1.807, 2.05) is 13.8 Å². The number of halogens is 1. The lowest BCUT2D eigenvalue weighted by Gasteiger charge is -2.31. The number of rotatable bonds is 5. The first-order valence-electron chi connectivity index (χ1n) is 9.77. The van der Waals surface area contributed by atoms with E-state index in [-0.39, 0.29) is 36.2 Å². The van der Waals surface area contributed by atoms with Crippen molar-refractivity contribution in [3.63, 3.8) is 0 Å². The van der Waals surface area contributed by atoms with Gasteiger partial charge in [-0.3, -0.25) is 9.59 Å². The molecule has 3 aliphatic rings. The van der Waals surface area contributed by atoms with Crippen LogP contribution in [0.15, 0.2) is 0 Å². The summed E-state index contributed by atoms with van der Waals surface area (Å²) in [5.41, 5.74) is 0. The van der Waals surface area contributed by atoms with Crippen LogP contribution in [-0.2, 0) is 19.6 Å². The molecule has 0 radical (unpaired) electrons. The van der Waals surface area contributed by atoms with E-state index in [0.717, 1.165) is 30.2 Å². The van der Waals surface area contributed by atoms with Gasteiger partial charge in [0.2, 0.25) is 21.8 Å². The summed E-state index contributed by atoms with van der Waals surface area (Å²) in [4.78, 5) is 29.8. The average Bonchev–Trinajstić information content (AvgIpc) is 3.08. The van der Waals surface area contributed by atoms with Gasteiger partial charge in [-0.05, 0) is 38.3 Å². The van der Waals surface area contributed by atoms with Crippen molar-refractivity contribution < 1.29 is 18.0 Å². The second-order valence-corrected chi connectivity index (χ2v) is 10.1. The van der Waals surface area contributed by atoms with Gasteiger partial charge in [0.15, 0.2) is 0 Å². The number of carbonyl (C=O) groups is 2. The standard InChI is InChI=1S/C18H31N3O4S.ClH/c1-13(2)16-17-14(21(18(16)23)26(3,24)25)7-12-20(17)15(22)8-11-19-9-5-4-6-10-19;/h13-14,16-17H,4-12H2,1-3H3;1H/t14-,16+,17-;/m0./s1. The highest BCUT2D eigenvalue weighted by molar-refractivity contribution is 7.88. The Morgan fingerprint density at radius 3 is 2.33 bits per heavy atom. The highest BCUT2D eigenvalue weighted by Crippen LogP contribution is 2.41. The van der Waals surface area contributed by atoms with E-state index in [1.165, 1.54) is 19.3 Å². The molecule has 3 saturated heterocycles. The van der Waals surface area contributed by atoms with Crippen LogP contribution >= 0.6 is 12.4 Å². The summed E-state index contributed by atoms with van der Waals surface area (Å²) in [6.45, 7) is 7.25. The molecule has 7 nitrogen and oxygen atoms in total. The van der Waals surface area contributed by atoms with Gasteiger partial charge in [-0.15, -0.1) is 12.4 Å². The number of fused-ring (bicyclic) bond motifs is 1. The molecule has 0 unspecified atom stereocenters. The Hall–Kier alpha value is -0.860. The molecule has 0 bridgehead atoms. The SMILES string of the molecule is CC(C)[C@H]1C(=O)N(S(C)(=O)=O)[C@H]2CCN(C(=O)CCN3CCCCC3)[C@H]12.Cl. The third-order valence-electron chi connectivity index (χ3n) is 6.08. The fourth-order valence-electron chi connectivity index (χ4n) is 4.90. The zero-order chi connectivity index (χ0) is 19.1. The topological polar surface area (TPSA) is 78.0 Å². The molecule has 0 aliphatic carbocycles. The molecule has 0 aromatic carbocycles. The molecule has 2 amide bonds. The van der Waals surface area contributed by atoms with Crippen LogP contribution < -0.4 is 0 Å². The van der Waals surface area contributed by atoms with Gasteiger partial charge >= 0.3 is 0 Å². The zero-order valence-electron chi connectivity index (χ0n) is 16.5. The van der Waals surface area contributed by atoms with E-state index < -0.39 is 22.0 Å². The van der Waals surface area contributed by atoms with Gasteiger partial charge in [-0.1, -0.05) is 20.3 Å². The number of sulfonamides is 1. The number of nitrogens with zero attached hydrogens (tertiary/aromatic N) is 3. The van der Waals surface area contributed by atoms with Gasteiger partial charge in [0.1, 0.15) is 0 Å². The van der Waals surface area contributed by atoms with Crippen LogP contribution in [0.2, 0.25) is 0 Å². The second kappa shape index (κ2) is 8.66. The van der Waals surface area contributed by atoms with Gasteiger partial charge in [0.25, 0.3) is 0 Å². The fourth-order valence-corrected chi connectivity index (χ4v) is 6.08. The number of carbonyl (C=O) groups excluding carboxylic acids is 2. The van der Waals surface area contributed by atoms with Crippen molar-refractivity contribution in [1.82, 2.24) is 14.1 Å². The molecule has 0 N–H and O–H groups in total. The molecule has 3 heterocycles. The average molecular weight is 422 g/mol. The molecular weight excluding hydrogens is 390 g/mol. The molecule has 156 valence electrons. The Kier molecular flexibility index (Phi) is 7.19. The first kappa shape index (κ1) is 22.4. The maximum absolute atomic E-state index is 12.9. The molecule has 3 rings (SSSR count). The third kappa shape index (κ3) is 4.43. The van der Waals surface area contributed by atoms with Gasteiger partial charge < -0.3 is 9.80 Å². The summed E-state index contributed by atoms with van der Waals surface area (Å²) in [5.74, 6) is -0.726. The van der Waals surface area contributed by atoms with Crippen molar-refractivity contribution in [1.29, 1.82) is 0 Å². The molecule has 3 atom stereocenters. The predicted molar refractivity (Wildman–Crippen MR) is 106 cm³/mol. The summed E-state index contributed by atoms with van der Waals surface area (Å²) < 4.78 is 25.4. The van der Waals surface area contributed by atoms with Crippen LogP contribution in [0.3, 0.4) is 0 Å². The number of amides is 2. The first-order valence-corrected chi connectivity index (χ1v) is 11.6. The van der Waals surface area contributed by atoms with E-state index in [9.17, 15) is 18.0 Å². The van der Waals surface area contributed by atoms with Crippen LogP contribution in [0.25, 0.3) is 0 Å². The molecule has 0 aromatic rings. The largest absolute Gasteiger partial charge is 0.337 e. The van der Waals surface area contributed by atoms with E-state index >= 15 is 0 Å². The normalized spacial score (nSPS) is 29.2. The zero-order valence-corrected chi connectivity index (χ0v) is 18.1. The minimum Gasteiger partial charge on any atom is -0.337 e. The first-order chi connectivity index (χ1) is 12.2. The Labute approximate surface area is 168 Å². The Balaban J connectivity index is 0.00000261. The highest BCUT2D eigenvalue weighted by Gasteiger charge is 2.58. The summed E-state index contributed by atoms with van der Waals surface area (Å²) >= 11 is 0. The molecule has 0 aromatic heterocycles. The van der Waals surface area contributed by atoms with Crippen LogP contribution in [-0.4, -0.2) is 78.9 Å². The van der Waals surface area contributed by atoms with Gasteiger partial charge in [-0.2, -0.15) is 0 Å². The number of hydrogen-bond donors (Lipinski definition) is 0. The lowest BCUT2D eigenvalue weighted by Crippen LogP contribution is -2.45. The van der Waals surface area contributed by atoms with Crippen LogP contribution in [0.1, 0.15) is 46.0 Å².